The van der Waals surface area contributed by atoms with E-state index in [0.29, 0.717) is 24.1 Å². The van der Waals surface area contributed by atoms with E-state index in [1.165, 1.54) is 12.1 Å². The van der Waals surface area contributed by atoms with Crippen LogP contribution in [-0.4, -0.2) is 39.3 Å². The van der Waals surface area contributed by atoms with E-state index in [1.807, 2.05) is 41.8 Å². The van der Waals surface area contributed by atoms with E-state index >= 15 is 0 Å². The van der Waals surface area contributed by atoms with Crippen LogP contribution in [0.15, 0.2) is 60.7 Å². The lowest BCUT2D eigenvalue weighted by Gasteiger charge is -2.21. The van der Waals surface area contributed by atoms with Crippen molar-refractivity contribution in [2.24, 2.45) is 0 Å². The minimum atomic E-state index is -1.06. The Morgan fingerprint density at radius 2 is 1.70 bits per heavy atom. The number of ketones is 1. The molecule has 3 amide bonds. The van der Waals surface area contributed by atoms with Crippen molar-refractivity contribution in [3.63, 3.8) is 0 Å². The summed E-state index contributed by atoms with van der Waals surface area (Å²) in [5.74, 6) is -1.07. The molecular formula is C26H26FN3O3. The quantitative estimate of drug-likeness (QED) is 0.432. The molecule has 170 valence electrons. The number of aryl methyl sites for hydroxylation is 2. The fourth-order valence-corrected chi connectivity index (χ4v) is 4.36. The Morgan fingerprint density at radius 1 is 1.03 bits per heavy atom. The summed E-state index contributed by atoms with van der Waals surface area (Å²) in [7, 11) is 0. The van der Waals surface area contributed by atoms with E-state index in [-0.39, 0.29) is 18.1 Å². The second-order valence-corrected chi connectivity index (χ2v) is 8.66. The molecule has 7 heteroatoms. The van der Waals surface area contributed by atoms with Crippen LogP contribution in [0.3, 0.4) is 0 Å². The molecule has 1 saturated heterocycles. The Kier molecular flexibility index (Phi) is 5.89. The van der Waals surface area contributed by atoms with Gasteiger partial charge < -0.3 is 9.88 Å². The molecule has 0 radical (unpaired) electrons. The average molecular weight is 448 g/mol. The number of imide groups is 1. The Morgan fingerprint density at radius 3 is 2.36 bits per heavy atom. The van der Waals surface area contributed by atoms with Gasteiger partial charge in [0.2, 0.25) is 0 Å². The molecule has 6 nitrogen and oxygen atoms in total. The number of urea groups is 1. The number of amides is 3. The van der Waals surface area contributed by atoms with Crippen LogP contribution in [0.5, 0.6) is 0 Å². The fraction of sp³-hybridized carbons (Fsp3) is 0.269. The number of nitrogens with one attached hydrogen (secondary N) is 1. The second-order valence-electron chi connectivity index (χ2n) is 8.66. The summed E-state index contributed by atoms with van der Waals surface area (Å²) < 4.78 is 15.2. The first-order valence-corrected chi connectivity index (χ1v) is 10.9. The van der Waals surface area contributed by atoms with Crippen LogP contribution in [0, 0.1) is 19.7 Å². The number of carbonyl (C=O) groups is 3. The maximum Gasteiger partial charge on any atom is 0.325 e. The van der Waals surface area contributed by atoms with Crippen LogP contribution in [0.2, 0.25) is 0 Å². The van der Waals surface area contributed by atoms with Crippen LogP contribution in [0.4, 0.5) is 9.18 Å². The number of benzene rings is 2. The lowest BCUT2D eigenvalue weighted by atomic mass is 9.93. The Hall–Kier alpha value is -3.74. The van der Waals surface area contributed by atoms with Gasteiger partial charge in [-0.3, -0.25) is 14.5 Å². The molecule has 1 aliphatic rings. The summed E-state index contributed by atoms with van der Waals surface area (Å²) >= 11 is 0. The molecule has 0 unspecified atom stereocenters. The highest BCUT2D eigenvalue weighted by Gasteiger charge is 2.48. The molecule has 4 rings (SSSR count). The van der Waals surface area contributed by atoms with Crippen LogP contribution < -0.4 is 5.32 Å². The number of nitrogens with zero attached hydrogens (tertiary/aromatic N) is 2. The first-order valence-electron chi connectivity index (χ1n) is 10.9. The van der Waals surface area contributed by atoms with Gasteiger partial charge in [0.05, 0.1) is 6.54 Å². The summed E-state index contributed by atoms with van der Waals surface area (Å²) in [5.41, 5.74) is 2.64. The maximum atomic E-state index is 13.3. The summed E-state index contributed by atoms with van der Waals surface area (Å²) in [4.78, 5) is 39.8. The van der Waals surface area contributed by atoms with Crippen molar-refractivity contribution in [1.29, 1.82) is 0 Å². The van der Waals surface area contributed by atoms with Gasteiger partial charge in [-0.2, -0.15) is 0 Å². The SMILES string of the molecule is Cc1cc(C(=O)CN2C(=O)N[C@@](C)(CCc3ccccc3)C2=O)c(C)n1-c1ccc(F)cc1. The van der Waals surface area contributed by atoms with Crippen LogP contribution >= 0.6 is 0 Å². The summed E-state index contributed by atoms with van der Waals surface area (Å²) in [6.07, 6.45) is 1.06. The molecular weight excluding hydrogens is 421 g/mol. The maximum absolute atomic E-state index is 13.3. The van der Waals surface area contributed by atoms with Crippen LogP contribution in [-0.2, 0) is 11.2 Å². The predicted molar refractivity (Wildman–Crippen MR) is 123 cm³/mol. The minimum Gasteiger partial charge on any atom is -0.323 e. The molecule has 2 heterocycles. The van der Waals surface area contributed by atoms with Crippen molar-refractivity contribution < 1.29 is 18.8 Å². The Bertz CT molecular complexity index is 1220. The Labute approximate surface area is 192 Å². The van der Waals surface area contributed by atoms with E-state index in [9.17, 15) is 18.8 Å². The zero-order chi connectivity index (χ0) is 23.8. The van der Waals surface area contributed by atoms with E-state index in [2.05, 4.69) is 5.32 Å². The second kappa shape index (κ2) is 8.65. The van der Waals surface area contributed by atoms with Crippen molar-refractivity contribution in [2.75, 3.05) is 6.54 Å². The Balaban J connectivity index is 1.50. The lowest BCUT2D eigenvalue weighted by Crippen LogP contribution is -2.44. The molecule has 1 fully saturated rings. The van der Waals surface area contributed by atoms with Gasteiger partial charge in [0.25, 0.3) is 5.91 Å². The van der Waals surface area contributed by atoms with E-state index in [4.69, 9.17) is 0 Å². The van der Waals surface area contributed by atoms with Gasteiger partial charge in [-0.25, -0.2) is 9.18 Å². The van der Waals surface area contributed by atoms with Crippen molar-refractivity contribution in [1.82, 2.24) is 14.8 Å². The number of halogens is 1. The van der Waals surface area contributed by atoms with E-state index in [0.717, 1.165) is 21.8 Å². The first kappa shape index (κ1) is 22.5. The number of carbonyl (C=O) groups excluding carboxylic acids is 3. The average Bonchev–Trinajstić information content (AvgIpc) is 3.21. The number of Topliss-reactive ketones (excluding diaryl/α,β-unsaturated/α-hetero) is 1. The third-order valence-corrected chi connectivity index (χ3v) is 6.22. The number of hydrogen-bond donors (Lipinski definition) is 1. The molecule has 1 N–H and O–H groups in total. The summed E-state index contributed by atoms with van der Waals surface area (Å²) in [6.45, 7) is 5.00. The third kappa shape index (κ3) is 4.31. The van der Waals surface area contributed by atoms with Gasteiger partial charge in [0, 0.05) is 22.6 Å². The first-order chi connectivity index (χ1) is 15.7. The van der Waals surface area contributed by atoms with Gasteiger partial charge >= 0.3 is 6.03 Å². The zero-order valence-electron chi connectivity index (χ0n) is 18.9. The molecule has 3 aromatic rings. The molecule has 2 aromatic carbocycles. The van der Waals surface area contributed by atoms with Gasteiger partial charge in [-0.1, -0.05) is 30.3 Å². The fourth-order valence-electron chi connectivity index (χ4n) is 4.36. The van der Waals surface area contributed by atoms with Gasteiger partial charge in [0.15, 0.2) is 5.78 Å². The van der Waals surface area contributed by atoms with Crippen molar-refractivity contribution in [2.45, 2.75) is 39.2 Å². The molecule has 1 atom stereocenters. The highest BCUT2D eigenvalue weighted by Crippen LogP contribution is 2.26. The lowest BCUT2D eigenvalue weighted by molar-refractivity contribution is -0.130. The van der Waals surface area contributed by atoms with Crippen LogP contribution in [0.25, 0.3) is 5.69 Å². The highest BCUT2D eigenvalue weighted by molar-refractivity contribution is 6.11. The molecule has 0 saturated carbocycles. The third-order valence-electron chi connectivity index (χ3n) is 6.22. The highest BCUT2D eigenvalue weighted by atomic mass is 19.1. The topological polar surface area (TPSA) is 71.4 Å². The van der Waals surface area contributed by atoms with Crippen molar-refractivity contribution >= 4 is 17.7 Å². The minimum absolute atomic E-state index is 0.327. The molecule has 0 aliphatic carbocycles. The number of hydrogen-bond acceptors (Lipinski definition) is 3. The zero-order valence-corrected chi connectivity index (χ0v) is 18.9. The summed E-state index contributed by atoms with van der Waals surface area (Å²) in [6, 6.07) is 16.9. The predicted octanol–water partition coefficient (Wildman–Crippen LogP) is 4.36. The molecule has 0 bridgehead atoms. The van der Waals surface area contributed by atoms with Gasteiger partial charge in [-0.15, -0.1) is 0 Å². The van der Waals surface area contributed by atoms with Crippen LogP contribution in [0.1, 0.15) is 40.7 Å². The molecule has 0 spiro atoms. The number of rotatable bonds is 7. The van der Waals surface area contributed by atoms with Crippen molar-refractivity contribution in [3.05, 3.63) is 89.0 Å². The standard InChI is InChI=1S/C26H26FN3O3/c1-17-15-22(18(2)30(17)21-11-9-20(27)10-12-21)23(31)16-29-24(32)26(3,28-25(29)33)14-13-19-7-5-4-6-8-19/h4-12,15H,13-14,16H2,1-3H3,(H,28,33)/t26-/m0/s1. The van der Waals surface area contributed by atoms with E-state index < -0.39 is 17.5 Å². The largest absolute Gasteiger partial charge is 0.325 e. The smallest absolute Gasteiger partial charge is 0.323 e. The molecule has 33 heavy (non-hydrogen) atoms. The molecule has 1 aromatic heterocycles. The normalized spacial score (nSPS) is 18.0. The van der Waals surface area contributed by atoms with Gasteiger partial charge in [0.1, 0.15) is 11.4 Å². The summed E-state index contributed by atoms with van der Waals surface area (Å²) in [5, 5.41) is 2.76. The number of aromatic nitrogens is 1. The monoisotopic (exact) mass is 447 g/mol. The van der Waals surface area contributed by atoms with E-state index in [1.54, 1.807) is 32.0 Å². The van der Waals surface area contributed by atoms with Crippen molar-refractivity contribution in [3.8, 4) is 5.69 Å². The van der Waals surface area contributed by atoms with Gasteiger partial charge in [-0.05, 0) is 69.5 Å². The molecule has 1 aliphatic heterocycles.